The molecule has 2 aromatic rings. The molecule has 0 aromatic heterocycles. The van der Waals surface area contributed by atoms with Gasteiger partial charge in [0.1, 0.15) is 5.82 Å². The van der Waals surface area contributed by atoms with Gasteiger partial charge in [0.05, 0.1) is 17.1 Å². The molecular weight excluding hydrogens is 415 g/mol. The van der Waals surface area contributed by atoms with Crippen molar-refractivity contribution >= 4 is 49.1 Å². The Labute approximate surface area is 151 Å². The van der Waals surface area contributed by atoms with Crippen LogP contribution in [0.1, 0.15) is 16.8 Å². The largest absolute Gasteiger partial charge is 0.319 e. The second-order valence-electron chi connectivity index (χ2n) is 5.35. The fourth-order valence-corrected chi connectivity index (χ4v) is 4.20. The molecule has 1 N–H and O–H groups in total. The molecule has 0 unspecified atom stereocenters. The van der Waals surface area contributed by atoms with Crippen molar-refractivity contribution in [2.24, 2.45) is 0 Å². The van der Waals surface area contributed by atoms with Gasteiger partial charge in [0, 0.05) is 16.5 Å². The predicted molar refractivity (Wildman–Crippen MR) is 94.4 cm³/mol. The summed E-state index contributed by atoms with van der Waals surface area (Å²) in [5.74, 6) is -1.87. The Kier molecular flexibility index (Phi) is 4.61. The molecule has 6 nitrogen and oxygen atoms in total. The Bertz CT molecular complexity index is 961. The van der Waals surface area contributed by atoms with Crippen molar-refractivity contribution in [2.75, 3.05) is 15.4 Å². The molecule has 2 aromatic carbocycles. The number of hydrogen-bond acceptors (Lipinski definition) is 4. The summed E-state index contributed by atoms with van der Waals surface area (Å²) in [5, 5.41) is 2.43. The maximum Gasteiger partial charge on any atom is 0.255 e. The van der Waals surface area contributed by atoms with Crippen LogP contribution in [0, 0.1) is 5.82 Å². The molecule has 0 bridgehead atoms. The van der Waals surface area contributed by atoms with Crippen molar-refractivity contribution in [1.29, 1.82) is 0 Å². The van der Waals surface area contributed by atoms with E-state index in [2.05, 4.69) is 21.2 Å². The van der Waals surface area contributed by atoms with Gasteiger partial charge in [-0.1, -0.05) is 15.9 Å². The molecule has 9 heteroatoms. The summed E-state index contributed by atoms with van der Waals surface area (Å²) in [7, 11) is -3.65. The molecule has 130 valence electrons. The van der Waals surface area contributed by atoms with Crippen LogP contribution in [-0.2, 0) is 14.8 Å². The number of sulfonamides is 1. The molecule has 0 aliphatic carbocycles. The van der Waals surface area contributed by atoms with Gasteiger partial charge in [-0.25, -0.2) is 17.1 Å². The average molecular weight is 427 g/mol. The van der Waals surface area contributed by atoms with E-state index in [0.717, 1.165) is 4.31 Å². The second-order valence-corrected chi connectivity index (χ2v) is 8.20. The number of rotatable bonds is 3. The smallest absolute Gasteiger partial charge is 0.255 e. The van der Waals surface area contributed by atoms with Crippen molar-refractivity contribution in [3.05, 3.63) is 58.3 Å². The summed E-state index contributed by atoms with van der Waals surface area (Å²) in [6, 6.07) is 9.72. The monoisotopic (exact) mass is 426 g/mol. The minimum absolute atomic E-state index is 0.0228. The Hall–Kier alpha value is -2.26. The van der Waals surface area contributed by atoms with E-state index in [4.69, 9.17) is 0 Å². The van der Waals surface area contributed by atoms with E-state index in [-0.39, 0.29) is 29.1 Å². The zero-order valence-electron chi connectivity index (χ0n) is 12.7. The number of amides is 2. The van der Waals surface area contributed by atoms with Crippen LogP contribution in [0.25, 0.3) is 0 Å². The Balaban J connectivity index is 1.80. The first-order valence-corrected chi connectivity index (χ1v) is 9.60. The van der Waals surface area contributed by atoms with Crippen LogP contribution >= 0.6 is 15.9 Å². The van der Waals surface area contributed by atoms with E-state index in [1.165, 1.54) is 36.4 Å². The molecule has 0 spiro atoms. The molecule has 1 aliphatic heterocycles. The van der Waals surface area contributed by atoms with Crippen LogP contribution in [0.15, 0.2) is 46.9 Å². The van der Waals surface area contributed by atoms with Gasteiger partial charge in [-0.15, -0.1) is 0 Å². The van der Waals surface area contributed by atoms with Crippen molar-refractivity contribution in [1.82, 2.24) is 0 Å². The molecule has 3 rings (SSSR count). The van der Waals surface area contributed by atoms with Gasteiger partial charge in [0.15, 0.2) is 0 Å². The first-order chi connectivity index (χ1) is 11.8. The molecule has 1 heterocycles. The SMILES string of the molecule is O=C(Nc1ccc(Br)cc1F)c1ccc(N2C(=O)CCS2(=O)=O)cc1. The van der Waals surface area contributed by atoms with E-state index in [9.17, 15) is 22.4 Å². The van der Waals surface area contributed by atoms with Gasteiger partial charge in [0.2, 0.25) is 15.9 Å². The van der Waals surface area contributed by atoms with Gasteiger partial charge in [-0.2, -0.15) is 0 Å². The topological polar surface area (TPSA) is 83.6 Å². The van der Waals surface area contributed by atoms with E-state index in [1.807, 2.05) is 0 Å². The number of carbonyl (C=O) groups excluding carboxylic acids is 2. The summed E-state index contributed by atoms with van der Waals surface area (Å²) in [6.45, 7) is 0. The number of hydrogen-bond donors (Lipinski definition) is 1. The maximum atomic E-state index is 13.8. The molecule has 1 aliphatic rings. The number of benzene rings is 2. The zero-order valence-corrected chi connectivity index (χ0v) is 15.1. The minimum Gasteiger partial charge on any atom is -0.319 e. The highest BCUT2D eigenvalue weighted by molar-refractivity contribution is 9.10. The highest BCUT2D eigenvalue weighted by Gasteiger charge is 2.36. The highest BCUT2D eigenvalue weighted by Crippen LogP contribution is 2.26. The van der Waals surface area contributed by atoms with E-state index in [0.29, 0.717) is 4.47 Å². The van der Waals surface area contributed by atoms with Crippen molar-refractivity contribution in [3.63, 3.8) is 0 Å². The van der Waals surface area contributed by atoms with Crippen LogP contribution in [0.5, 0.6) is 0 Å². The number of nitrogens with one attached hydrogen (secondary N) is 1. The van der Waals surface area contributed by atoms with Crippen LogP contribution in [0.2, 0.25) is 0 Å². The lowest BCUT2D eigenvalue weighted by Crippen LogP contribution is -2.29. The number of nitrogens with zero attached hydrogens (tertiary/aromatic N) is 1. The van der Waals surface area contributed by atoms with Crippen molar-refractivity contribution < 1.29 is 22.4 Å². The molecular formula is C16H12BrFN2O4S. The van der Waals surface area contributed by atoms with Crippen LogP contribution in [0.4, 0.5) is 15.8 Å². The minimum atomic E-state index is -3.65. The number of carbonyl (C=O) groups is 2. The molecule has 25 heavy (non-hydrogen) atoms. The lowest BCUT2D eigenvalue weighted by molar-refractivity contribution is -0.116. The first kappa shape index (κ1) is 17.6. The second kappa shape index (κ2) is 6.57. The summed E-state index contributed by atoms with van der Waals surface area (Å²) in [6.07, 6.45) is -0.0621. The predicted octanol–water partition coefficient (Wildman–Crippen LogP) is 2.91. The van der Waals surface area contributed by atoms with Crippen molar-refractivity contribution in [3.8, 4) is 0 Å². The molecule has 0 saturated carbocycles. The Morgan fingerprint density at radius 1 is 1.16 bits per heavy atom. The summed E-state index contributed by atoms with van der Waals surface area (Å²) in [5.41, 5.74) is 0.401. The van der Waals surface area contributed by atoms with Gasteiger partial charge in [-0.3, -0.25) is 9.59 Å². The van der Waals surface area contributed by atoms with Crippen LogP contribution in [-0.4, -0.2) is 26.0 Å². The van der Waals surface area contributed by atoms with Crippen LogP contribution < -0.4 is 9.62 Å². The van der Waals surface area contributed by atoms with Gasteiger partial charge in [0.25, 0.3) is 5.91 Å². The summed E-state index contributed by atoms with van der Waals surface area (Å²) >= 11 is 3.13. The first-order valence-electron chi connectivity index (χ1n) is 7.20. The Morgan fingerprint density at radius 3 is 2.40 bits per heavy atom. The van der Waals surface area contributed by atoms with E-state index >= 15 is 0 Å². The fourth-order valence-electron chi connectivity index (χ4n) is 2.40. The molecule has 2 amide bonds. The molecule has 1 saturated heterocycles. The van der Waals surface area contributed by atoms with Gasteiger partial charge in [-0.05, 0) is 42.5 Å². The average Bonchev–Trinajstić information content (AvgIpc) is 2.83. The van der Waals surface area contributed by atoms with Gasteiger partial charge >= 0.3 is 0 Å². The molecule has 0 radical (unpaired) electrons. The standard InChI is InChI=1S/C16H12BrFN2O4S/c17-11-3-6-14(13(18)9-11)19-16(22)10-1-4-12(5-2-10)20-15(21)7-8-25(20,23)24/h1-6,9H,7-8H2,(H,19,22). The highest BCUT2D eigenvalue weighted by atomic mass is 79.9. The third-order valence-corrected chi connectivity index (χ3v) is 5.81. The maximum absolute atomic E-state index is 13.8. The van der Waals surface area contributed by atoms with Crippen LogP contribution in [0.3, 0.4) is 0 Å². The summed E-state index contributed by atoms with van der Waals surface area (Å²) in [4.78, 5) is 23.9. The normalized spacial score (nSPS) is 16.1. The Morgan fingerprint density at radius 2 is 1.84 bits per heavy atom. The fraction of sp³-hybridized carbons (Fsp3) is 0.125. The third kappa shape index (κ3) is 3.57. The quantitative estimate of drug-likeness (QED) is 0.817. The number of halogens is 2. The molecule has 0 atom stereocenters. The van der Waals surface area contributed by atoms with E-state index in [1.54, 1.807) is 6.07 Å². The lowest BCUT2D eigenvalue weighted by Gasteiger charge is -2.15. The molecule has 1 fully saturated rings. The van der Waals surface area contributed by atoms with E-state index < -0.39 is 27.7 Å². The zero-order chi connectivity index (χ0) is 18.2. The van der Waals surface area contributed by atoms with Crippen molar-refractivity contribution in [2.45, 2.75) is 6.42 Å². The number of anilines is 2. The summed E-state index contributed by atoms with van der Waals surface area (Å²) < 4.78 is 38.8. The van der Waals surface area contributed by atoms with Gasteiger partial charge < -0.3 is 5.32 Å². The third-order valence-electron chi connectivity index (χ3n) is 3.62. The lowest BCUT2D eigenvalue weighted by atomic mass is 10.2.